The second kappa shape index (κ2) is 3.12. The van der Waals surface area contributed by atoms with Crippen molar-refractivity contribution in [1.29, 1.82) is 4.78 Å². The molecule has 0 saturated carbocycles. The van der Waals surface area contributed by atoms with Crippen LogP contribution in [0.5, 0.6) is 5.75 Å². The van der Waals surface area contributed by atoms with Crippen LogP contribution in [0.15, 0.2) is 29.2 Å². The van der Waals surface area contributed by atoms with Crippen molar-refractivity contribution in [3.63, 3.8) is 0 Å². The second-order valence-electron chi connectivity index (χ2n) is 2.25. The fourth-order valence-electron chi connectivity index (χ4n) is 0.869. The minimum Gasteiger partial charge on any atom is -0.495 e. The maximum Gasteiger partial charge on any atom is 0.137 e. The van der Waals surface area contributed by atoms with E-state index < -0.39 is 9.92 Å². The predicted octanol–water partition coefficient (Wildman–Crippen LogP) is 0.975. The number of para-hydroxylation sites is 1. The van der Waals surface area contributed by atoms with Gasteiger partial charge in [0.25, 0.3) is 0 Å². The van der Waals surface area contributed by atoms with Gasteiger partial charge in [0.15, 0.2) is 0 Å². The lowest BCUT2D eigenvalue weighted by Gasteiger charge is -2.06. The summed E-state index contributed by atoms with van der Waals surface area (Å²) in [6.07, 6.45) is 0. The molecule has 0 fully saturated rings. The van der Waals surface area contributed by atoms with Gasteiger partial charge in [0.1, 0.15) is 20.6 Å². The zero-order valence-electron chi connectivity index (χ0n) is 6.61. The first-order valence-electron chi connectivity index (χ1n) is 3.25. The first-order valence-corrected chi connectivity index (χ1v) is 4.87. The van der Waals surface area contributed by atoms with Crippen molar-refractivity contribution >= 4 is 9.92 Å². The molecule has 0 radical (unpaired) electrons. The van der Waals surface area contributed by atoms with E-state index in [1.165, 1.54) is 13.2 Å². The largest absolute Gasteiger partial charge is 0.495 e. The van der Waals surface area contributed by atoms with Crippen LogP contribution in [0, 0.1) is 4.78 Å². The highest BCUT2D eigenvalue weighted by Crippen LogP contribution is 2.21. The molecule has 0 amide bonds. The minimum absolute atomic E-state index is 0.229. The van der Waals surface area contributed by atoms with Gasteiger partial charge in [-0.1, -0.05) is 12.1 Å². The summed E-state index contributed by atoms with van der Waals surface area (Å²) in [6.45, 7) is 0. The molecule has 0 saturated heterocycles. The van der Waals surface area contributed by atoms with Crippen LogP contribution in [-0.2, 0) is 9.92 Å². The number of rotatable bonds is 2. The molecule has 0 spiro atoms. The van der Waals surface area contributed by atoms with Gasteiger partial charge in [-0.3, -0.25) is 0 Å². The lowest BCUT2D eigenvalue weighted by molar-refractivity contribution is 0.404. The molecule has 1 aromatic carbocycles. The Morgan fingerprint density at radius 2 is 2.08 bits per heavy atom. The molecule has 4 nitrogen and oxygen atoms in total. The molecule has 12 heavy (non-hydrogen) atoms. The summed E-state index contributed by atoms with van der Waals surface area (Å²) in [5.41, 5.74) is 0. The summed E-state index contributed by atoms with van der Waals surface area (Å²) in [6, 6.07) is 6.54. The van der Waals surface area contributed by atoms with Crippen molar-refractivity contribution < 1.29 is 8.95 Å². The lowest BCUT2D eigenvalue weighted by Crippen LogP contribution is -2.11. The molecule has 5 heteroatoms. The van der Waals surface area contributed by atoms with Crippen LogP contribution < -0.4 is 9.88 Å². The zero-order valence-corrected chi connectivity index (χ0v) is 7.43. The van der Waals surface area contributed by atoms with E-state index in [1.807, 2.05) is 0 Å². The standard InChI is InChI=1S/C7H10N2O2S/c1-11-6-4-2-3-5-7(6)12(8,9)10/h2-5H,1H3,(H3,8,9,10). The summed E-state index contributed by atoms with van der Waals surface area (Å²) in [5.74, 6) is 0.389. The van der Waals surface area contributed by atoms with Crippen molar-refractivity contribution in [2.24, 2.45) is 5.14 Å². The number of benzene rings is 1. The monoisotopic (exact) mass is 186 g/mol. The molecule has 0 aliphatic carbocycles. The third kappa shape index (κ3) is 1.75. The van der Waals surface area contributed by atoms with E-state index >= 15 is 0 Å². The molecule has 1 aromatic rings. The molecule has 66 valence electrons. The molecule has 0 aromatic heterocycles. The quantitative estimate of drug-likeness (QED) is 0.722. The first-order chi connectivity index (χ1) is 5.55. The van der Waals surface area contributed by atoms with Crippen molar-refractivity contribution in [3.05, 3.63) is 24.3 Å². The molecule has 0 aliphatic rings. The summed E-state index contributed by atoms with van der Waals surface area (Å²) in [7, 11) is -1.72. The molecule has 1 rings (SSSR count). The van der Waals surface area contributed by atoms with Gasteiger partial charge in [-0.25, -0.2) is 14.1 Å². The van der Waals surface area contributed by atoms with Crippen LogP contribution in [0.25, 0.3) is 0 Å². The molecule has 0 bridgehead atoms. The Balaban J connectivity index is 3.33. The number of nitrogens with one attached hydrogen (secondary N) is 1. The van der Waals surface area contributed by atoms with Gasteiger partial charge in [0.05, 0.1) is 7.11 Å². The highest BCUT2D eigenvalue weighted by Gasteiger charge is 2.09. The van der Waals surface area contributed by atoms with Crippen molar-refractivity contribution in [3.8, 4) is 5.75 Å². The van der Waals surface area contributed by atoms with Crippen LogP contribution in [-0.4, -0.2) is 11.3 Å². The smallest absolute Gasteiger partial charge is 0.137 e. The second-order valence-corrected chi connectivity index (χ2v) is 3.89. The fourth-order valence-corrected chi connectivity index (χ4v) is 1.60. The predicted molar refractivity (Wildman–Crippen MR) is 46.3 cm³/mol. The Bertz CT molecular complexity index is 373. The molecular weight excluding hydrogens is 176 g/mol. The number of nitrogens with two attached hydrogens (primary N) is 1. The van der Waals surface area contributed by atoms with Gasteiger partial charge in [0.2, 0.25) is 0 Å². The summed E-state index contributed by atoms with van der Waals surface area (Å²) in [4.78, 5) is 0.229. The Morgan fingerprint density at radius 1 is 1.50 bits per heavy atom. The molecule has 1 atom stereocenters. The minimum atomic E-state index is -3.17. The van der Waals surface area contributed by atoms with Gasteiger partial charge in [-0.05, 0) is 12.1 Å². The first kappa shape index (κ1) is 9.02. The Kier molecular flexibility index (Phi) is 2.35. The molecular formula is C7H10N2O2S. The van der Waals surface area contributed by atoms with Crippen LogP contribution in [0.1, 0.15) is 0 Å². The van der Waals surface area contributed by atoms with Gasteiger partial charge in [-0.2, -0.15) is 0 Å². The van der Waals surface area contributed by atoms with Crippen LogP contribution in [0.2, 0.25) is 0 Å². The van der Waals surface area contributed by atoms with Crippen LogP contribution >= 0.6 is 0 Å². The van der Waals surface area contributed by atoms with Gasteiger partial charge < -0.3 is 4.74 Å². The van der Waals surface area contributed by atoms with E-state index in [9.17, 15) is 4.21 Å². The molecule has 3 N–H and O–H groups in total. The summed E-state index contributed by atoms with van der Waals surface area (Å²) in [5, 5.41) is 5.15. The molecule has 0 aliphatic heterocycles. The zero-order chi connectivity index (χ0) is 9.19. The lowest BCUT2D eigenvalue weighted by atomic mass is 10.3. The maximum absolute atomic E-state index is 11.1. The van der Waals surface area contributed by atoms with Crippen molar-refractivity contribution in [2.75, 3.05) is 7.11 Å². The van der Waals surface area contributed by atoms with E-state index in [0.29, 0.717) is 5.75 Å². The van der Waals surface area contributed by atoms with E-state index in [-0.39, 0.29) is 4.90 Å². The SMILES string of the molecule is COc1ccccc1S(=N)(N)=O. The molecule has 1 unspecified atom stereocenters. The average molecular weight is 186 g/mol. The normalized spacial score (nSPS) is 15.2. The number of methoxy groups -OCH3 is 1. The van der Waals surface area contributed by atoms with E-state index in [1.54, 1.807) is 18.2 Å². The van der Waals surface area contributed by atoms with E-state index in [2.05, 4.69) is 0 Å². The number of ether oxygens (including phenoxy) is 1. The summed E-state index contributed by atoms with van der Waals surface area (Å²) >= 11 is 0. The van der Waals surface area contributed by atoms with Gasteiger partial charge >= 0.3 is 0 Å². The van der Waals surface area contributed by atoms with Crippen molar-refractivity contribution in [1.82, 2.24) is 0 Å². The fraction of sp³-hybridized carbons (Fsp3) is 0.143. The number of hydrogen-bond acceptors (Lipinski definition) is 3. The third-order valence-electron chi connectivity index (χ3n) is 1.40. The molecule has 0 heterocycles. The van der Waals surface area contributed by atoms with Gasteiger partial charge in [-0.15, -0.1) is 0 Å². The Morgan fingerprint density at radius 3 is 2.50 bits per heavy atom. The maximum atomic E-state index is 11.1. The Labute approximate surface area is 71.5 Å². The van der Waals surface area contributed by atoms with E-state index in [4.69, 9.17) is 14.7 Å². The highest BCUT2D eigenvalue weighted by molar-refractivity contribution is 7.90. The third-order valence-corrected chi connectivity index (χ3v) is 2.39. The van der Waals surface area contributed by atoms with Crippen LogP contribution in [0.4, 0.5) is 0 Å². The summed E-state index contributed by atoms with van der Waals surface area (Å²) < 4.78 is 23.2. The topological polar surface area (TPSA) is 76.2 Å². The Hall–Kier alpha value is -1.07. The average Bonchev–Trinajstić information content (AvgIpc) is 2.03. The van der Waals surface area contributed by atoms with Gasteiger partial charge in [0, 0.05) is 0 Å². The highest BCUT2D eigenvalue weighted by atomic mass is 32.2. The van der Waals surface area contributed by atoms with E-state index in [0.717, 1.165) is 0 Å². The number of hydrogen-bond donors (Lipinski definition) is 2. The van der Waals surface area contributed by atoms with Crippen molar-refractivity contribution in [2.45, 2.75) is 4.90 Å². The van der Waals surface area contributed by atoms with Crippen LogP contribution in [0.3, 0.4) is 0 Å².